The zero-order valence-electron chi connectivity index (χ0n) is 9.67. The molecule has 2 aliphatic rings. The van der Waals surface area contributed by atoms with Crippen molar-refractivity contribution in [2.45, 2.75) is 45.1 Å². The summed E-state index contributed by atoms with van der Waals surface area (Å²) in [5.41, 5.74) is 0. The number of piperidine rings is 1. The van der Waals surface area contributed by atoms with Crippen LogP contribution in [0.15, 0.2) is 0 Å². The third-order valence-electron chi connectivity index (χ3n) is 3.77. The molecule has 2 aliphatic heterocycles. The van der Waals surface area contributed by atoms with Crippen LogP contribution in [0.25, 0.3) is 0 Å². The molecule has 1 N–H and O–H groups in total. The van der Waals surface area contributed by atoms with E-state index < -0.39 is 0 Å². The molecule has 15 heavy (non-hydrogen) atoms. The van der Waals surface area contributed by atoms with Gasteiger partial charge in [0, 0.05) is 13.1 Å². The lowest BCUT2D eigenvalue weighted by molar-refractivity contribution is -0.134. The smallest absolute Gasteiger partial charge is 0.239 e. The molecule has 2 fully saturated rings. The molecule has 0 saturated carbocycles. The molecular weight excluding hydrogens is 188 g/mol. The number of hydrogen-bond donors (Lipinski definition) is 1. The van der Waals surface area contributed by atoms with Gasteiger partial charge in [-0.2, -0.15) is 0 Å². The lowest BCUT2D eigenvalue weighted by Gasteiger charge is -2.33. The summed E-state index contributed by atoms with van der Waals surface area (Å²) in [7, 11) is 0. The summed E-state index contributed by atoms with van der Waals surface area (Å²) in [5.74, 6) is 1.09. The number of rotatable bonds is 2. The van der Waals surface area contributed by atoms with Crippen molar-refractivity contribution in [3.05, 3.63) is 0 Å². The molecule has 2 heterocycles. The average Bonchev–Trinajstić information content (AvgIpc) is 2.81. The number of carbonyl (C=O) groups is 1. The lowest BCUT2D eigenvalue weighted by Crippen LogP contribution is -2.47. The Hall–Kier alpha value is -0.570. The minimum atomic E-state index is 0.126. The van der Waals surface area contributed by atoms with Gasteiger partial charge in [0.15, 0.2) is 0 Å². The van der Waals surface area contributed by atoms with Gasteiger partial charge in [-0.25, -0.2) is 0 Å². The van der Waals surface area contributed by atoms with Crippen LogP contribution in [0.5, 0.6) is 0 Å². The van der Waals surface area contributed by atoms with Crippen LogP contribution in [-0.4, -0.2) is 36.5 Å². The maximum absolute atomic E-state index is 12.1. The molecular formula is C12H22N2O. The van der Waals surface area contributed by atoms with Crippen LogP contribution in [0.1, 0.15) is 39.0 Å². The van der Waals surface area contributed by atoms with E-state index in [1.807, 2.05) is 0 Å². The summed E-state index contributed by atoms with van der Waals surface area (Å²) in [6.07, 6.45) is 5.89. The van der Waals surface area contributed by atoms with Crippen LogP contribution in [0.2, 0.25) is 0 Å². The van der Waals surface area contributed by atoms with Crippen molar-refractivity contribution < 1.29 is 4.79 Å². The van der Waals surface area contributed by atoms with Crippen LogP contribution in [-0.2, 0) is 4.79 Å². The number of likely N-dealkylation sites (tertiary alicyclic amines) is 1. The van der Waals surface area contributed by atoms with Crippen molar-refractivity contribution in [2.24, 2.45) is 5.92 Å². The fourth-order valence-corrected chi connectivity index (χ4v) is 2.71. The van der Waals surface area contributed by atoms with Crippen LogP contribution >= 0.6 is 0 Å². The Bertz CT molecular complexity index is 224. The molecule has 0 aliphatic carbocycles. The van der Waals surface area contributed by atoms with Crippen LogP contribution < -0.4 is 5.32 Å². The highest BCUT2D eigenvalue weighted by atomic mass is 16.2. The first kappa shape index (κ1) is 10.9. The molecule has 3 heteroatoms. The van der Waals surface area contributed by atoms with E-state index in [2.05, 4.69) is 17.1 Å². The van der Waals surface area contributed by atoms with Gasteiger partial charge < -0.3 is 10.2 Å². The van der Waals surface area contributed by atoms with Gasteiger partial charge in [-0.15, -0.1) is 0 Å². The van der Waals surface area contributed by atoms with Gasteiger partial charge in [-0.05, 0) is 38.1 Å². The monoisotopic (exact) mass is 210 g/mol. The highest BCUT2D eigenvalue weighted by Gasteiger charge is 2.29. The van der Waals surface area contributed by atoms with Crippen LogP contribution in [0.4, 0.5) is 0 Å². The van der Waals surface area contributed by atoms with E-state index in [0.717, 1.165) is 38.4 Å². The number of nitrogens with zero attached hydrogens (tertiary/aromatic N) is 1. The van der Waals surface area contributed by atoms with Gasteiger partial charge in [-0.1, -0.05) is 13.3 Å². The summed E-state index contributed by atoms with van der Waals surface area (Å²) in [4.78, 5) is 14.2. The summed E-state index contributed by atoms with van der Waals surface area (Å²) in [5, 5.41) is 3.30. The molecule has 2 saturated heterocycles. The van der Waals surface area contributed by atoms with E-state index in [0.29, 0.717) is 5.91 Å². The third kappa shape index (κ3) is 2.51. The fourth-order valence-electron chi connectivity index (χ4n) is 2.71. The maximum Gasteiger partial charge on any atom is 0.239 e. The zero-order valence-corrected chi connectivity index (χ0v) is 9.67. The molecule has 0 radical (unpaired) electrons. The highest BCUT2D eigenvalue weighted by Crippen LogP contribution is 2.20. The van der Waals surface area contributed by atoms with Crippen LogP contribution in [0, 0.1) is 5.92 Å². The third-order valence-corrected chi connectivity index (χ3v) is 3.77. The van der Waals surface area contributed by atoms with E-state index in [-0.39, 0.29) is 6.04 Å². The van der Waals surface area contributed by atoms with Crippen molar-refractivity contribution in [3.8, 4) is 0 Å². The van der Waals surface area contributed by atoms with Gasteiger partial charge in [0.2, 0.25) is 5.91 Å². The second-order valence-corrected chi connectivity index (χ2v) is 4.85. The molecule has 0 bridgehead atoms. The Morgan fingerprint density at radius 1 is 1.40 bits per heavy atom. The Morgan fingerprint density at radius 3 is 2.93 bits per heavy atom. The summed E-state index contributed by atoms with van der Waals surface area (Å²) < 4.78 is 0. The fraction of sp³-hybridized carbons (Fsp3) is 0.917. The van der Waals surface area contributed by atoms with Crippen molar-refractivity contribution in [3.63, 3.8) is 0 Å². The van der Waals surface area contributed by atoms with Crippen molar-refractivity contribution in [2.75, 3.05) is 19.6 Å². The second kappa shape index (κ2) is 4.97. The molecule has 2 unspecified atom stereocenters. The van der Waals surface area contributed by atoms with E-state index in [1.165, 1.54) is 19.3 Å². The molecule has 0 aromatic carbocycles. The molecule has 86 valence electrons. The molecule has 2 atom stereocenters. The molecule has 0 spiro atoms. The van der Waals surface area contributed by atoms with Gasteiger partial charge >= 0.3 is 0 Å². The highest BCUT2D eigenvalue weighted by molar-refractivity contribution is 5.82. The zero-order chi connectivity index (χ0) is 10.7. The molecule has 2 rings (SSSR count). The van der Waals surface area contributed by atoms with E-state index in [9.17, 15) is 4.79 Å². The quantitative estimate of drug-likeness (QED) is 0.747. The van der Waals surface area contributed by atoms with Gasteiger partial charge in [-0.3, -0.25) is 4.79 Å². The van der Waals surface area contributed by atoms with E-state index in [4.69, 9.17) is 0 Å². The molecule has 0 aromatic heterocycles. The largest absolute Gasteiger partial charge is 0.341 e. The predicted octanol–water partition coefficient (Wildman–Crippen LogP) is 1.39. The summed E-state index contributed by atoms with van der Waals surface area (Å²) >= 11 is 0. The Labute approximate surface area is 92.2 Å². The molecule has 0 aromatic rings. The molecule has 3 nitrogen and oxygen atoms in total. The Morgan fingerprint density at radius 2 is 2.27 bits per heavy atom. The minimum Gasteiger partial charge on any atom is -0.341 e. The van der Waals surface area contributed by atoms with Crippen molar-refractivity contribution in [1.82, 2.24) is 10.2 Å². The average molecular weight is 210 g/mol. The Balaban J connectivity index is 1.88. The molecule has 1 amide bonds. The van der Waals surface area contributed by atoms with Crippen molar-refractivity contribution in [1.29, 1.82) is 0 Å². The second-order valence-electron chi connectivity index (χ2n) is 4.85. The minimum absolute atomic E-state index is 0.126. The first-order valence-corrected chi connectivity index (χ1v) is 6.33. The van der Waals surface area contributed by atoms with Gasteiger partial charge in [0.25, 0.3) is 0 Å². The van der Waals surface area contributed by atoms with Gasteiger partial charge in [0.05, 0.1) is 6.04 Å². The maximum atomic E-state index is 12.1. The van der Waals surface area contributed by atoms with E-state index >= 15 is 0 Å². The van der Waals surface area contributed by atoms with Crippen LogP contribution in [0.3, 0.4) is 0 Å². The summed E-state index contributed by atoms with van der Waals surface area (Å²) in [6, 6.07) is 0.126. The normalized spacial score (nSPS) is 31.9. The topological polar surface area (TPSA) is 32.3 Å². The SMILES string of the molecule is CCC1CCCN(C(=O)C2CCCN2)C1. The lowest BCUT2D eigenvalue weighted by atomic mass is 9.95. The summed E-state index contributed by atoms with van der Waals surface area (Å²) in [6.45, 7) is 5.22. The standard InChI is InChI=1S/C12H22N2O/c1-2-10-5-4-8-14(9-10)12(15)11-6-3-7-13-11/h10-11,13H,2-9H2,1H3. The Kier molecular flexibility index (Phi) is 3.62. The number of carbonyl (C=O) groups excluding carboxylic acids is 1. The number of hydrogen-bond acceptors (Lipinski definition) is 2. The van der Waals surface area contributed by atoms with E-state index in [1.54, 1.807) is 0 Å². The number of nitrogens with one attached hydrogen (secondary N) is 1. The van der Waals surface area contributed by atoms with Crippen molar-refractivity contribution >= 4 is 5.91 Å². The first-order valence-electron chi connectivity index (χ1n) is 6.33. The van der Waals surface area contributed by atoms with Gasteiger partial charge in [0.1, 0.15) is 0 Å². The predicted molar refractivity (Wildman–Crippen MR) is 60.6 cm³/mol. The first-order chi connectivity index (χ1) is 7.31. The number of amides is 1.